The number of nitrogens with zero attached hydrogens (tertiary/aromatic N) is 3. The van der Waals surface area contributed by atoms with Crippen molar-refractivity contribution in [1.82, 2.24) is 4.98 Å². The van der Waals surface area contributed by atoms with E-state index >= 15 is 0 Å². The van der Waals surface area contributed by atoms with Gasteiger partial charge in [-0.05, 0) is 6.07 Å². The third kappa shape index (κ3) is 3.68. The molecule has 13 heteroatoms. The van der Waals surface area contributed by atoms with E-state index in [1.807, 2.05) is 0 Å². The molecule has 0 bridgehead atoms. The molecule has 0 saturated heterocycles. The van der Waals surface area contributed by atoms with Gasteiger partial charge in [0.1, 0.15) is 10.0 Å². The van der Waals surface area contributed by atoms with E-state index in [0.717, 1.165) is 6.21 Å². The molecule has 1 aliphatic heterocycles. The number of hydrazone groups is 1. The molecule has 10 nitrogen and oxygen atoms in total. The Morgan fingerprint density at radius 3 is 2.59 bits per heavy atom. The summed E-state index contributed by atoms with van der Waals surface area (Å²) < 4.78 is 10.3. The van der Waals surface area contributed by atoms with E-state index in [2.05, 4.69) is 15.5 Å². The van der Waals surface area contributed by atoms with Crippen molar-refractivity contribution in [2.24, 2.45) is 5.10 Å². The molecule has 0 spiro atoms. The molecule has 0 unspecified atom stereocenters. The molecule has 140 valence electrons. The largest absolute Gasteiger partial charge is 0.476 e. The fraction of sp³-hybridized carbons (Fsp3) is 0.0714. The summed E-state index contributed by atoms with van der Waals surface area (Å²) in [5.41, 5.74) is 1.60. The lowest BCUT2D eigenvalue weighted by molar-refractivity contribution is -0.385. The molecule has 0 saturated carbocycles. The highest BCUT2D eigenvalue weighted by atomic mass is 35.5. The SMILES string of the molecule is O=C(O)c1nc(Cl)c(Cl)c(N/N=C/c2cc3c(cc2[N+](=O)[O-])OCO3)c1Cl. The van der Waals surface area contributed by atoms with Crippen LogP contribution in [0.3, 0.4) is 0 Å². The van der Waals surface area contributed by atoms with Crippen LogP contribution >= 0.6 is 34.8 Å². The molecule has 2 heterocycles. The number of fused-ring (bicyclic) bond motifs is 1. The average Bonchev–Trinajstić information content (AvgIpc) is 3.07. The zero-order valence-electron chi connectivity index (χ0n) is 12.9. The molecule has 1 aromatic carbocycles. The van der Waals surface area contributed by atoms with Crippen molar-refractivity contribution < 1.29 is 24.3 Å². The number of ether oxygens (including phenoxy) is 2. The van der Waals surface area contributed by atoms with Crippen LogP contribution in [0.4, 0.5) is 11.4 Å². The van der Waals surface area contributed by atoms with Crippen molar-refractivity contribution >= 4 is 58.4 Å². The highest BCUT2D eigenvalue weighted by Crippen LogP contribution is 2.38. The molecule has 1 aromatic heterocycles. The highest BCUT2D eigenvalue weighted by molar-refractivity contribution is 6.46. The average molecular weight is 434 g/mol. The summed E-state index contributed by atoms with van der Waals surface area (Å²) in [5.74, 6) is -0.861. The molecule has 2 aromatic rings. The van der Waals surface area contributed by atoms with Crippen molar-refractivity contribution in [1.29, 1.82) is 0 Å². The van der Waals surface area contributed by atoms with Crippen LogP contribution in [0.15, 0.2) is 17.2 Å². The van der Waals surface area contributed by atoms with Gasteiger partial charge in [0, 0.05) is 0 Å². The van der Waals surface area contributed by atoms with Gasteiger partial charge in [-0.1, -0.05) is 34.8 Å². The van der Waals surface area contributed by atoms with Crippen LogP contribution in [-0.4, -0.2) is 34.0 Å². The first-order valence-electron chi connectivity index (χ1n) is 6.94. The monoisotopic (exact) mass is 432 g/mol. The summed E-state index contributed by atoms with van der Waals surface area (Å²) in [6.45, 7) is -0.0516. The summed E-state index contributed by atoms with van der Waals surface area (Å²) in [4.78, 5) is 25.3. The van der Waals surface area contributed by atoms with Crippen molar-refractivity contribution in [3.8, 4) is 11.5 Å². The summed E-state index contributed by atoms with van der Waals surface area (Å²) in [5, 5.41) is 23.3. The van der Waals surface area contributed by atoms with Gasteiger partial charge in [0.05, 0.1) is 28.5 Å². The van der Waals surface area contributed by atoms with Gasteiger partial charge in [0.25, 0.3) is 5.69 Å². The molecule has 27 heavy (non-hydrogen) atoms. The number of hydrogen-bond acceptors (Lipinski definition) is 8. The number of halogens is 3. The van der Waals surface area contributed by atoms with E-state index in [1.54, 1.807) is 0 Å². The van der Waals surface area contributed by atoms with Crippen molar-refractivity contribution in [2.45, 2.75) is 0 Å². The van der Waals surface area contributed by atoms with Crippen LogP contribution in [-0.2, 0) is 0 Å². The normalized spacial score (nSPS) is 12.4. The number of pyridine rings is 1. The van der Waals surface area contributed by atoms with Gasteiger partial charge in [-0.15, -0.1) is 0 Å². The van der Waals surface area contributed by atoms with Crippen LogP contribution in [0.25, 0.3) is 0 Å². The van der Waals surface area contributed by atoms with Gasteiger partial charge >= 0.3 is 5.97 Å². The van der Waals surface area contributed by atoms with Crippen molar-refractivity contribution in [2.75, 3.05) is 12.2 Å². The second kappa shape index (κ2) is 7.43. The van der Waals surface area contributed by atoms with E-state index < -0.39 is 16.6 Å². The van der Waals surface area contributed by atoms with Crippen molar-refractivity contribution in [3.05, 3.63) is 48.7 Å². The third-order valence-electron chi connectivity index (χ3n) is 3.34. The first-order valence-corrected chi connectivity index (χ1v) is 8.08. The smallest absolute Gasteiger partial charge is 0.356 e. The minimum atomic E-state index is -1.42. The second-order valence-corrected chi connectivity index (χ2v) is 6.06. The zero-order valence-corrected chi connectivity index (χ0v) is 15.2. The molecule has 0 atom stereocenters. The van der Waals surface area contributed by atoms with Crippen LogP contribution in [0.2, 0.25) is 15.2 Å². The van der Waals surface area contributed by atoms with Crippen LogP contribution in [0.1, 0.15) is 16.1 Å². The Bertz CT molecular complexity index is 998. The molecule has 0 amide bonds. The summed E-state index contributed by atoms with van der Waals surface area (Å²) in [7, 11) is 0. The van der Waals surface area contributed by atoms with Gasteiger partial charge in [0.15, 0.2) is 22.3 Å². The van der Waals surface area contributed by atoms with E-state index in [9.17, 15) is 14.9 Å². The fourth-order valence-corrected chi connectivity index (χ4v) is 2.80. The Balaban J connectivity index is 1.95. The van der Waals surface area contributed by atoms with Gasteiger partial charge in [-0.25, -0.2) is 9.78 Å². The van der Waals surface area contributed by atoms with Gasteiger partial charge < -0.3 is 14.6 Å². The van der Waals surface area contributed by atoms with E-state index in [0.29, 0.717) is 5.75 Å². The first kappa shape index (κ1) is 19.0. The Labute approximate surface area is 165 Å². The minimum absolute atomic E-state index is 0.0516. The van der Waals surface area contributed by atoms with Crippen LogP contribution in [0, 0.1) is 10.1 Å². The third-order valence-corrected chi connectivity index (χ3v) is 4.45. The molecular formula is C14H7Cl3N4O6. The van der Waals surface area contributed by atoms with Crippen LogP contribution in [0.5, 0.6) is 11.5 Å². The lowest BCUT2D eigenvalue weighted by Gasteiger charge is -2.09. The Hall–Kier alpha value is -2.82. The number of anilines is 1. The van der Waals surface area contributed by atoms with Gasteiger partial charge in [-0.3, -0.25) is 15.5 Å². The molecule has 3 rings (SSSR count). The topological polar surface area (TPSA) is 136 Å². The molecule has 2 N–H and O–H groups in total. The van der Waals surface area contributed by atoms with Gasteiger partial charge in [0.2, 0.25) is 6.79 Å². The zero-order chi connectivity index (χ0) is 19.7. The predicted molar refractivity (Wildman–Crippen MR) is 96.7 cm³/mol. The molecule has 0 radical (unpaired) electrons. The van der Waals surface area contributed by atoms with E-state index in [-0.39, 0.29) is 44.7 Å². The molecule has 1 aliphatic rings. The van der Waals surface area contributed by atoms with E-state index in [4.69, 9.17) is 49.4 Å². The lowest BCUT2D eigenvalue weighted by atomic mass is 10.1. The number of nitro groups is 1. The number of benzene rings is 1. The number of carbonyl (C=O) groups is 1. The Kier molecular flexibility index (Phi) is 5.22. The molecule has 0 aliphatic carbocycles. The predicted octanol–water partition coefficient (Wildman–Crippen LogP) is 3.82. The Morgan fingerprint density at radius 2 is 1.96 bits per heavy atom. The summed E-state index contributed by atoms with van der Waals surface area (Å²) in [6, 6.07) is 2.58. The Morgan fingerprint density at radius 1 is 1.30 bits per heavy atom. The first-order chi connectivity index (χ1) is 12.8. The number of rotatable bonds is 5. The standard InChI is InChI=1S/C14H7Cl3N4O6/c15-9-11(10(16)13(17)19-12(9)14(22)23)20-18-3-5-1-7-8(27-4-26-7)2-6(5)21(24)25/h1-3H,4H2,(H,19,20)(H,22,23)/b18-3+. The highest BCUT2D eigenvalue weighted by Gasteiger charge is 2.23. The van der Waals surface area contributed by atoms with E-state index in [1.165, 1.54) is 12.1 Å². The summed E-state index contributed by atoms with van der Waals surface area (Å²) in [6.07, 6.45) is 1.11. The van der Waals surface area contributed by atoms with Crippen LogP contribution < -0.4 is 14.9 Å². The quantitative estimate of drug-likeness (QED) is 0.314. The maximum absolute atomic E-state index is 11.2. The second-order valence-electron chi connectivity index (χ2n) is 4.95. The number of hydrogen-bond donors (Lipinski definition) is 2. The number of aromatic carboxylic acids is 1. The fourth-order valence-electron chi connectivity index (χ4n) is 2.13. The number of aromatic nitrogens is 1. The van der Waals surface area contributed by atoms with Gasteiger partial charge in [-0.2, -0.15) is 5.10 Å². The maximum Gasteiger partial charge on any atom is 0.356 e. The summed E-state index contributed by atoms with van der Waals surface area (Å²) >= 11 is 17.7. The maximum atomic E-state index is 11.2. The number of carboxylic acid groups (broad SMARTS) is 1. The number of carboxylic acids is 1. The molecule has 0 fully saturated rings. The lowest BCUT2D eigenvalue weighted by Crippen LogP contribution is -2.05. The number of nitro benzene ring substituents is 1. The van der Waals surface area contributed by atoms with Crippen molar-refractivity contribution in [3.63, 3.8) is 0 Å². The molecular weight excluding hydrogens is 427 g/mol. The number of nitrogens with one attached hydrogen (secondary N) is 1. The minimum Gasteiger partial charge on any atom is -0.476 e.